The largest absolute Gasteiger partial charge is 0.462 e. The number of esters is 2. The lowest BCUT2D eigenvalue weighted by Gasteiger charge is -2.20. The molecule has 4 nitrogen and oxygen atoms in total. The first-order chi connectivity index (χ1) is 10.8. The molecule has 0 aliphatic carbocycles. The van der Waals surface area contributed by atoms with Gasteiger partial charge in [-0.1, -0.05) is 30.1 Å². The molecular formula is C17H20Cl2O4. The third-order valence-corrected chi connectivity index (χ3v) is 3.93. The van der Waals surface area contributed by atoms with Crippen LogP contribution in [0, 0.1) is 5.41 Å². The molecule has 0 radical (unpaired) electrons. The van der Waals surface area contributed by atoms with Crippen LogP contribution in [0.4, 0.5) is 0 Å². The van der Waals surface area contributed by atoms with E-state index in [0.29, 0.717) is 22.0 Å². The minimum Gasteiger partial charge on any atom is -0.462 e. The molecule has 0 aliphatic rings. The summed E-state index contributed by atoms with van der Waals surface area (Å²) in [5.74, 6) is -0.857. The Balaban J connectivity index is 2.39. The first-order valence-electron chi connectivity index (χ1n) is 7.23. The fourth-order valence-corrected chi connectivity index (χ4v) is 1.83. The van der Waals surface area contributed by atoms with Gasteiger partial charge in [0.15, 0.2) is 0 Å². The van der Waals surface area contributed by atoms with Gasteiger partial charge in [0, 0.05) is 16.1 Å². The monoisotopic (exact) mass is 358 g/mol. The zero-order valence-electron chi connectivity index (χ0n) is 13.4. The standard InChI is InChI=1S/C17H20Cl2O4/c1-4-17(2,3)16(21)23-10-9-22-15(20)8-5-12-11-13(18)6-7-14(12)19/h5-8,11H,4,9-10H2,1-3H3/b8-5+. The molecule has 1 aromatic rings. The van der Waals surface area contributed by atoms with Gasteiger partial charge in [0.25, 0.3) is 0 Å². The molecule has 0 aliphatic heterocycles. The topological polar surface area (TPSA) is 52.6 Å². The molecule has 0 bridgehead atoms. The molecule has 0 aromatic heterocycles. The van der Waals surface area contributed by atoms with E-state index in [1.807, 2.05) is 6.92 Å². The first kappa shape index (κ1) is 19.5. The van der Waals surface area contributed by atoms with Crippen LogP contribution in [0.5, 0.6) is 0 Å². The van der Waals surface area contributed by atoms with Crippen LogP contribution >= 0.6 is 23.2 Å². The summed E-state index contributed by atoms with van der Waals surface area (Å²) in [6.07, 6.45) is 3.44. The van der Waals surface area contributed by atoms with Gasteiger partial charge in [0.05, 0.1) is 5.41 Å². The predicted octanol–water partition coefficient (Wildman–Crippen LogP) is 4.53. The highest BCUT2D eigenvalue weighted by molar-refractivity contribution is 6.34. The molecule has 0 saturated heterocycles. The second kappa shape index (κ2) is 8.94. The Hall–Kier alpha value is -1.52. The van der Waals surface area contributed by atoms with Gasteiger partial charge in [-0.05, 0) is 50.1 Å². The summed E-state index contributed by atoms with van der Waals surface area (Å²) in [7, 11) is 0. The van der Waals surface area contributed by atoms with Gasteiger partial charge in [-0.2, -0.15) is 0 Å². The summed E-state index contributed by atoms with van der Waals surface area (Å²) in [6, 6.07) is 4.94. The summed E-state index contributed by atoms with van der Waals surface area (Å²) in [4.78, 5) is 23.3. The van der Waals surface area contributed by atoms with E-state index in [0.717, 1.165) is 0 Å². The molecule has 0 amide bonds. The van der Waals surface area contributed by atoms with Gasteiger partial charge >= 0.3 is 11.9 Å². The average molecular weight is 359 g/mol. The Morgan fingerprint density at radius 1 is 1.17 bits per heavy atom. The predicted molar refractivity (Wildman–Crippen MR) is 91.5 cm³/mol. The molecule has 0 spiro atoms. The van der Waals surface area contributed by atoms with Crippen molar-refractivity contribution in [1.29, 1.82) is 0 Å². The van der Waals surface area contributed by atoms with Gasteiger partial charge in [-0.25, -0.2) is 4.79 Å². The van der Waals surface area contributed by atoms with Crippen molar-refractivity contribution in [3.8, 4) is 0 Å². The van der Waals surface area contributed by atoms with E-state index in [1.54, 1.807) is 32.0 Å². The summed E-state index contributed by atoms with van der Waals surface area (Å²) in [5.41, 5.74) is 0.0833. The second-order valence-corrected chi connectivity index (χ2v) is 6.38. The number of carbonyl (C=O) groups excluding carboxylic acids is 2. The normalized spacial score (nSPS) is 11.5. The summed E-state index contributed by atoms with van der Waals surface area (Å²) < 4.78 is 10.0. The number of halogens is 2. The molecule has 6 heteroatoms. The van der Waals surface area contributed by atoms with E-state index >= 15 is 0 Å². The van der Waals surface area contributed by atoms with Crippen LogP contribution in [0.1, 0.15) is 32.8 Å². The Kier molecular flexibility index (Phi) is 7.59. The third-order valence-electron chi connectivity index (χ3n) is 3.35. The summed E-state index contributed by atoms with van der Waals surface area (Å²) >= 11 is 11.8. The van der Waals surface area contributed by atoms with Gasteiger partial charge in [0.1, 0.15) is 13.2 Å². The van der Waals surface area contributed by atoms with Gasteiger partial charge in [0.2, 0.25) is 0 Å². The number of carbonyl (C=O) groups is 2. The molecule has 0 heterocycles. The maximum atomic E-state index is 11.7. The second-order valence-electron chi connectivity index (χ2n) is 5.54. The number of hydrogen-bond acceptors (Lipinski definition) is 4. The molecule has 0 fully saturated rings. The Labute approximate surface area is 146 Å². The maximum absolute atomic E-state index is 11.7. The molecule has 126 valence electrons. The smallest absolute Gasteiger partial charge is 0.330 e. The van der Waals surface area contributed by atoms with E-state index in [4.69, 9.17) is 32.7 Å². The minimum absolute atomic E-state index is 0.00200. The van der Waals surface area contributed by atoms with Crippen LogP contribution in [-0.2, 0) is 19.1 Å². The molecular weight excluding hydrogens is 339 g/mol. The van der Waals surface area contributed by atoms with Crippen molar-refractivity contribution >= 4 is 41.2 Å². The molecule has 0 unspecified atom stereocenters. The fraction of sp³-hybridized carbons (Fsp3) is 0.412. The Bertz CT molecular complexity index is 594. The Morgan fingerprint density at radius 2 is 1.83 bits per heavy atom. The number of ether oxygens (including phenoxy) is 2. The molecule has 0 N–H and O–H groups in total. The van der Waals surface area contributed by atoms with Gasteiger partial charge in [-0.15, -0.1) is 0 Å². The van der Waals surface area contributed by atoms with Crippen molar-refractivity contribution in [3.05, 3.63) is 39.9 Å². The van der Waals surface area contributed by atoms with Crippen molar-refractivity contribution in [1.82, 2.24) is 0 Å². The highest BCUT2D eigenvalue weighted by Crippen LogP contribution is 2.22. The maximum Gasteiger partial charge on any atom is 0.330 e. The molecule has 1 rings (SSSR count). The zero-order valence-corrected chi connectivity index (χ0v) is 14.9. The van der Waals surface area contributed by atoms with Crippen LogP contribution < -0.4 is 0 Å². The van der Waals surface area contributed by atoms with Crippen LogP contribution in [0.3, 0.4) is 0 Å². The van der Waals surface area contributed by atoms with Crippen molar-refractivity contribution in [2.24, 2.45) is 5.41 Å². The van der Waals surface area contributed by atoms with Crippen molar-refractivity contribution in [3.63, 3.8) is 0 Å². The van der Waals surface area contributed by atoms with E-state index in [2.05, 4.69) is 0 Å². The average Bonchev–Trinajstić information content (AvgIpc) is 2.52. The number of benzene rings is 1. The van der Waals surface area contributed by atoms with E-state index in [9.17, 15) is 9.59 Å². The van der Waals surface area contributed by atoms with Crippen molar-refractivity contribution < 1.29 is 19.1 Å². The lowest BCUT2D eigenvalue weighted by molar-refractivity contribution is -0.157. The van der Waals surface area contributed by atoms with E-state index in [-0.39, 0.29) is 19.2 Å². The molecule has 0 saturated carbocycles. The van der Waals surface area contributed by atoms with Crippen molar-refractivity contribution in [2.45, 2.75) is 27.2 Å². The van der Waals surface area contributed by atoms with Crippen LogP contribution in [0.15, 0.2) is 24.3 Å². The number of rotatable bonds is 7. The summed E-state index contributed by atoms with van der Waals surface area (Å²) in [5, 5.41) is 1.00. The van der Waals surface area contributed by atoms with E-state index in [1.165, 1.54) is 12.2 Å². The minimum atomic E-state index is -0.549. The SMILES string of the molecule is CCC(C)(C)C(=O)OCCOC(=O)/C=C/c1cc(Cl)ccc1Cl. The van der Waals surface area contributed by atoms with Gasteiger partial charge < -0.3 is 9.47 Å². The van der Waals surface area contributed by atoms with Crippen molar-refractivity contribution in [2.75, 3.05) is 13.2 Å². The molecule has 23 heavy (non-hydrogen) atoms. The lowest BCUT2D eigenvalue weighted by atomic mass is 9.91. The highest BCUT2D eigenvalue weighted by Gasteiger charge is 2.26. The third kappa shape index (κ3) is 6.63. The highest BCUT2D eigenvalue weighted by atomic mass is 35.5. The van der Waals surface area contributed by atoms with E-state index < -0.39 is 11.4 Å². The first-order valence-corrected chi connectivity index (χ1v) is 7.99. The fourth-order valence-electron chi connectivity index (χ4n) is 1.46. The Morgan fingerprint density at radius 3 is 2.48 bits per heavy atom. The zero-order chi connectivity index (χ0) is 17.5. The summed E-state index contributed by atoms with van der Waals surface area (Å²) in [6.45, 7) is 5.54. The number of hydrogen-bond donors (Lipinski definition) is 0. The van der Waals surface area contributed by atoms with Gasteiger partial charge in [-0.3, -0.25) is 4.79 Å². The van der Waals surface area contributed by atoms with Crippen LogP contribution in [0.2, 0.25) is 10.0 Å². The molecule has 1 aromatic carbocycles. The van der Waals surface area contributed by atoms with Crippen LogP contribution in [0.25, 0.3) is 6.08 Å². The molecule has 0 atom stereocenters. The lowest BCUT2D eigenvalue weighted by Crippen LogP contribution is -2.27. The van der Waals surface area contributed by atoms with Crippen LogP contribution in [-0.4, -0.2) is 25.2 Å². The quantitative estimate of drug-likeness (QED) is 0.408.